The summed E-state index contributed by atoms with van der Waals surface area (Å²) in [6, 6.07) is 8.13. The van der Waals surface area contributed by atoms with Gasteiger partial charge in [0.1, 0.15) is 12.4 Å². The predicted octanol–water partition coefficient (Wildman–Crippen LogP) is 2.93. The van der Waals surface area contributed by atoms with Crippen molar-refractivity contribution in [1.29, 1.82) is 0 Å². The molecule has 0 bridgehead atoms. The fourth-order valence-electron chi connectivity index (χ4n) is 2.88. The van der Waals surface area contributed by atoms with Gasteiger partial charge in [-0.05, 0) is 55.0 Å². The van der Waals surface area contributed by atoms with E-state index >= 15 is 0 Å². The molecule has 1 atom stereocenters. The van der Waals surface area contributed by atoms with E-state index in [2.05, 4.69) is 24.2 Å². The van der Waals surface area contributed by atoms with E-state index in [4.69, 9.17) is 4.74 Å². The molecule has 112 valence electrons. The highest BCUT2D eigenvalue weighted by Crippen LogP contribution is 2.32. The van der Waals surface area contributed by atoms with Crippen molar-refractivity contribution >= 4 is 0 Å². The Morgan fingerprint density at radius 1 is 1.38 bits per heavy atom. The summed E-state index contributed by atoms with van der Waals surface area (Å²) in [6.07, 6.45) is 3.54. The Kier molecular flexibility index (Phi) is 3.97. The van der Waals surface area contributed by atoms with Gasteiger partial charge in [-0.3, -0.25) is 4.68 Å². The van der Waals surface area contributed by atoms with Crippen LogP contribution in [0, 0.1) is 0 Å². The zero-order valence-corrected chi connectivity index (χ0v) is 12.7. The summed E-state index contributed by atoms with van der Waals surface area (Å²) in [5.41, 5.74) is 4.41. The lowest BCUT2D eigenvalue weighted by atomic mass is 9.89. The SMILES string of the molecule is CCc1cc(COc2ccc3c(c2)[C@H](O)CCC3)n(C)n1. The van der Waals surface area contributed by atoms with E-state index in [1.807, 2.05) is 23.9 Å². The van der Waals surface area contributed by atoms with Crippen LogP contribution in [0.3, 0.4) is 0 Å². The van der Waals surface area contributed by atoms with Gasteiger partial charge in [0, 0.05) is 7.05 Å². The molecule has 0 amide bonds. The van der Waals surface area contributed by atoms with E-state index in [9.17, 15) is 5.11 Å². The summed E-state index contributed by atoms with van der Waals surface area (Å²) in [6.45, 7) is 2.59. The lowest BCUT2D eigenvalue weighted by Crippen LogP contribution is -2.09. The molecule has 0 spiro atoms. The average Bonchev–Trinajstić information content (AvgIpc) is 2.86. The molecule has 3 rings (SSSR count). The van der Waals surface area contributed by atoms with Gasteiger partial charge in [-0.1, -0.05) is 13.0 Å². The van der Waals surface area contributed by atoms with Crippen LogP contribution >= 0.6 is 0 Å². The second-order valence-corrected chi connectivity index (χ2v) is 5.66. The lowest BCUT2D eigenvalue weighted by molar-refractivity contribution is 0.156. The molecule has 0 aliphatic heterocycles. The highest BCUT2D eigenvalue weighted by atomic mass is 16.5. The smallest absolute Gasteiger partial charge is 0.130 e. The first-order chi connectivity index (χ1) is 10.2. The van der Waals surface area contributed by atoms with Crippen LogP contribution in [0.4, 0.5) is 0 Å². The molecule has 1 aromatic carbocycles. The molecule has 0 saturated heterocycles. The summed E-state index contributed by atoms with van der Waals surface area (Å²) < 4.78 is 7.74. The zero-order chi connectivity index (χ0) is 14.8. The normalized spacial score (nSPS) is 17.6. The molecule has 1 N–H and O–H groups in total. The Labute approximate surface area is 125 Å². The molecule has 1 aromatic heterocycles. The van der Waals surface area contributed by atoms with Gasteiger partial charge in [-0.15, -0.1) is 0 Å². The van der Waals surface area contributed by atoms with Crippen molar-refractivity contribution in [3.05, 3.63) is 46.8 Å². The number of aryl methyl sites for hydroxylation is 3. The van der Waals surface area contributed by atoms with Crippen LogP contribution in [-0.4, -0.2) is 14.9 Å². The number of hydrogen-bond donors (Lipinski definition) is 1. The van der Waals surface area contributed by atoms with Gasteiger partial charge in [0.25, 0.3) is 0 Å². The van der Waals surface area contributed by atoms with Gasteiger partial charge in [-0.2, -0.15) is 5.10 Å². The van der Waals surface area contributed by atoms with E-state index in [1.165, 1.54) is 5.56 Å². The summed E-state index contributed by atoms with van der Waals surface area (Å²) in [5, 5.41) is 14.5. The van der Waals surface area contributed by atoms with Crippen LogP contribution in [0.2, 0.25) is 0 Å². The number of benzene rings is 1. The Balaban J connectivity index is 1.73. The third-order valence-electron chi connectivity index (χ3n) is 4.18. The number of hydrogen-bond acceptors (Lipinski definition) is 3. The number of aliphatic hydroxyl groups is 1. The number of nitrogens with zero attached hydrogens (tertiary/aromatic N) is 2. The number of aliphatic hydroxyl groups excluding tert-OH is 1. The molecule has 0 radical (unpaired) electrons. The Morgan fingerprint density at radius 2 is 2.24 bits per heavy atom. The third-order valence-corrected chi connectivity index (χ3v) is 4.18. The van der Waals surface area contributed by atoms with Gasteiger partial charge in [0.15, 0.2) is 0 Å². The molecule has 1 aliphatic carbocycles. The van der Waals surface area contributed by atoms with Crippen molar-refractivity contribution in [2.24, 2.45) is 7.05 Å². The summed E-state index contributed by atoms with van der Waals surface area (Å²) in [7, 11) is 1.94. The highest BCUT2D eigenvalue weighted by molar-refractivity contribution is 5.38. The Bertz CT molecular complexity index is 634. The topological polar surface area (TPSA) is 47.3 Å². The molecule has 4 heteroatoms. The molecule has 0 saturated carbocycles. The predicted molar refractivity (Wildman–Crippen MR) is 81.3 cm³/mol. The Morgan fingerprint density at radius 3 is 3.00 bits per heavy atom. The molecule has 4 nitrogen and oxygen atoms in total. The molecule has 1 aliphatic rings. The first kappa shape index (κ1) is 14.1. The number of ether oxygens (including phenoxy) is 1. The van der Waals surface area contributed by atoms with Gasteiger partial charge < -0.3 is 9.84 Å². The van der Waals surface area contributed by atoms with Crippen LogP contribution in [0.1, 0.15) is 48.4 Å². The van der Waals surface area contributed by atoms with Crippen molar-refractivity contribution in [2.75, 3.05) is 0 Å². The molecule has 1 heterocycles. The minimum absolute atomic E-state index is 0.347. The molecular weight excluding hydrogens is 264 g/mol. The average molecular weight is 286 g/mol. The standard InChI is InChI=1S/C17H22N2O2/c1-3-13-9-14(19(2)18-13)11-21-15-8-7-12-5-4-6-17(20)16(12)10-15/h7-10,17,20H,3-6,11H2,1-2H3/t17-/m1/s1. The van der Waals surface area contributed by atoms with Crippen LogP contribution < -0.4 is 4.74 Å². The lowest BCUT2D eigenvalue weighted by Gasteiger charge is -2.22. The monoisotopic (exact) mass is 286 g/mol. The molecule has 21 heavy (non-hydrogen) atoms. The van der Waals surface area contributed by atoms with Crippen molar-refractivity contribution in [3.8, 4) is 5.75 Å². The molecular formula is C17H22N2O2. The van der Waals surface area contributed by atoms with Gasteiger partial charge in [0.2, 0.25) is 0 Å². The second kappa shape index (κ2) is 5.90. The van der Waals surface area contributed by atoms with Gasteiger partial charge >= 0.3 is 0 Å². The minimum atomic E-state index is -0.347. The quantitative estimate of drug-likeness (QED) is 0.940. The molecule has 0 fully saturated rings. The Hall–Kier alpha value is -1.81. The summed E-state index contributed by atoms with van der Waals surface area (Å²) >= 11 is 0. The van der Waals surface area contributed by atoms with E-state index < -0.39 is 0 Å². The van der Waals surface area contributed by atoms with Crippen molar-refractivity contribution in [3.63, 3.8) is 0 Å². The van der Waals surface area contributed by atoms with Gasteiger partial charge in [-0.25, -0.2) is 0 Å². The fraction of sp³-hybridized carbons (Fsp3) is 0.471. The second-order valence-electron chi connectivity index (χ2n) is 5.66. The first-order valence-electron chi connectivity index (χ1n) is 7.63. The minimum Gasteiger partial charge on any atom is -0.487 e. The summed E-state index contributed by atoms with van der Waals surface area (Å²) in [4.78, 5) is 0. The third kappa shape index (κ3) is 2.95. The maximum absolute atomic E-state index is 10.1. The van der Waals surface area contributed by atoms with Crippen LogP contribution in [0.25, 0.3) is 0 Å². The van der Waals surface area contributed by atoms with Crippen LogP contribution in [-0.2, 0) is 26.5 Å². The molecule has 2 aromatic rings. The van der Waals surface area contributed by atoms with Crippen LogP contribution in [0.15, 0.2) is 24.3 Å². The largest absolute Gasteiger partial charge is 0.487 e. The van der Waals surface area contributed by atoms with Gasteiger partial charge in [0.05, 0.1) is 17.5 Å². The fourth-order valence-corrected chi connectivity index (χ4v) is 2.88. The number of aromatic nitrogens is 2. The van der Waals surface area contributed by atoms with E-state index in [0.717, 1.165) is 48.4 Å². The van der Waals surface area contributed by atoms with Crippen LogP contribution in [0.5, 0.6) is 5.75 Å². The van der Waals surface area contributed by atoms with Crippen molar-refractivity contribution in [2.45, 2.75) is 45.3 Å². The first-order valence-corrected chi connectivity index (χ1v) is 7.63. The number of fused-ring (bicyclic) bond motifs is 1. The zero-order valence-electron chi connectivity index (χ0n) is 12.7. The number of rotatable bonds is 4. The molecule has 0 unspecified atom stereocenters. The maximum atomic E-state index is 10.1. The van der Waals surface area contributed by atoms with E-state index in [1.54, 1.807) is 0 Å². The highest BCUT2D eigenvalue weighted by Gasteiger charge is 2.18. The van der Waals surface area contributed by atoms with E-state index in [-0.39, 0.29) is 6.10 Å². The summed E-state index contributed by atoms with van der Waals surface area (Å²) in [5.74, 6) is 0.814. The maximum Gasteiger partial charge on any atom is 0.130 e. The van der Waals surface area contributed by atoms with Crippen molar-refractivity contribution in [1.82, 2.24) is 9.78 Å². The van der Waals surface area contributed by atoms with Crippen molar-refractivity contribution < 1.29 is 9.84 Å². The van der Waals surface area contributed by atoms with E-state index in [0.29, 0.717) is 6.61 Å².